The summed E-state index contributed by atoms with van der Waals surface area (Å²) in [6, 6.07) is 48.3. The molecule has 0 bridgehead atoms. The fraction of sp³-hybridized carbons (Fsp3) is 0.0909. The van der Waals surface area contributed by atoms with Gasteiger partial charge in [0.1, 0.15) is 0 Å². The summed E-state index contributed by atoms with van der Waals surface area (Å²) in [6.07, 6.45) is 0. The Morgan fingerprint density at radius 2 is 1.23 bits per heavy atom. The van der Waals surface area contributed by atoms with E-state index in [9.17, 15) is 0 Å². The number of hydrogen-bond acceptors (Lipinski definition) is 3. The molecule has 0 radical (unpaired) electrons. The lowest BCUT2D eigenvalue weighted by Gasteiger charge is -2.19. The molecular weight excluding hydrogens is 603 g/mol. The van der Waals surface area contributed by atoms with E-state index in [0.717, 1.165) is 33.2 Å². The molecule has 10 rings (SSSR count). The molecule has 228 valence electrons. The third-order valence-electron chi connectivity index (χ3n) is 9.95. The van der Waals surface area contributed by atoms with Crippen LogP contribution in [0.25, 0.3) is 91.6 Å². The van der Waals surface area contributed by atoms with Gasteiger partial charge in [0.05, 0.1) is 22.2 Å². The van der Waals surface area contributed by atoms with Crippen molar-refractivity contribution < 1.29 is 0 Å². The molecule has 10 aromatic rings. The Balaban J connectivity index is 1.40. The average Bonchev–Trinajstić information content (AvgIpc) is 3.67. The van der Waals surface area contributed by atoms with Gasteiger partial charge in [-0.15, -0.1) is 11.3 Å². The van der Waals surface area contributed by atoms with Crippen LogP contribution >= 0.6 is 11.3 Å². The largest absolute Gasteiger partial charge is 0.277 e. The van der Waals surface area contributed by atoms with E-state index in [0.29, 0.717) is 5.95 Å². The number of nitrogens with zero attached hydrogens (tertiary/aromatic N) is 3. The van der Waals surface area contributed by atoms with Crippen LogP contribution in [0.15, 0.2) is 133 Å². The maximum Gasteiger partial charge on any atom is 0.235 e. The molecule has 0 amide bonds. The lowest BCUT2D eigenvalue weighted by Crippen LogP contribution is -2.10. The number of aromatic nitrogens is 3. The van der Waals surface area contributed by atoms with Crippen LogP contribution in [0.2, 0.25) is 0 Å². The Hall–Kier alpha value is -5.58. The van der Waals surface area contributed by atoms with Crippen molar-refractivity contribution in [1.29, 1.82) is 0 Å². The molecule has 3 nitrogen and oxygen atoms in total. The minimum absolute atomic E-state index is 0.0726. The molecule has 7 aromatic carbocycles. The molecule has 0 unspecified atom stereocenters. The number of thiophene rings is 1. The molecule has 0 atom stereocenters. The molecular formula is C44H31N3S. The van der Waals surface area contributed by atoms with Gasteiger partial charge in [0.15, 0.2) is 0 Å². The summed E-state index contributed by atoms with van der Waals surface area (Å²) in [4.78, 5) is 10.8. The van der Waals surface area contributed by atoms with E-state index in [4.69, 9.17) is 9.97 Å². The number of para-hydroxylation sites is 2. The smallest absolute Gasteiger partial charge is 0.235 e. The SMILES string of the molecule is CC(C)(C)c1ccc(-c2nc(-n3c4ccccc4c4c5ccc6ccccc6c5c5sc6ccccc6c5c43)nc3ccccc23)cc1. The maximum atomic E-state index is 5.46. The van der Waals surface area contributed by atoms with E-state index in [1.165, 1.54) is 58.1 Å². The Bertz CT molecular complexity index is 2920. The van der Waals surface area contributed by atoms with Gasteiger partial charge in [0, 0.05) is 47.3 Å². The molecule has 0 saturated heterocycles. The second-order valence-corrected chi connectivity index (χ2v) is 14.9. The molecule has 0 aliphatic rings. The zero-order chi connectivity index (χ0) is 32.1. The molecule has 48 heavy (non-hydrogen) atoms. The summed E-state index contributed by atoms with van der Waals surface area (Å²) < 4.78 is 4.92. The molecule has 3 heterocycles. The van der Waals surface area contributed by atoms with Crippen molar-refractivity contribution in [3.05, 3.63) is 139 Å². The maximum absolute atomic E-state index is 5.46. The van der Waals surface area contributed by atoms with E-state index in [1.54, 1.807) is 0 Å². The van der Waals surface area contributed by atoms with Crippen LogP contribution in [-0.2, 0) is 5.41 Å². The lowest BCUT2D eigenvalue weighted by molar-refractivity contribution is 0.590. The summed E-state index contributed by atoms with van der Waals surface area (Å²) in [7, 11) is 0. The molecule has 3 aromatic heterocycles. The summed E-state index contributed by atoms with van der Waals surface area (Å²) in [5.41, 5.74) is 6.61. The van der Waals surface area contributed by atoms with E-state index >= 15 is 0 Å². The molecule has 0 aliphatic carbocycles. The standard InChI is InChI=1S/C44H31N3S/c1-44(2,3)28-23-20-27(21-24-28)40-30-14-6-9-17-34(30)45-43(46-40)47-35-18-10-7-15-31(35)37-33-25-22-26-12-4-5-13-29(26)38(33)42-39(41(37)47)32-16-8-11-19-36(32)48-42/h4-25H,1-3H3. The van der Waals surface area contributed by atoms with Crippen molar-refractivity contribution >= 4 is 85.8 Å². The van der Waals surface area contributed by atoms with E-state index in [-0.39, 0.29) is 5.41 Å². The fourth-order valence-corrected chi connectivity index (χ4v) is 8.93. The van der Waals surface area contributed by atoms with Gasteiger partial charge in [-0.3, -0.25) is 4.57 Å². The van der Waals surface area contributed by atoms with E-state index in [2.05, 4.69) is 159 Å². The second kappa shape index (κ2) is 9.96. The van der Waals surface area contributed by atoms with Crippen LogP contribution in [0.4, 0.5) is 0 Å². The van der Waals surface area contributed by atoms with Gasteiger partial charge < -0.3 is 0 Å². The highest BCUT2D eigenvalue weighted by atomic mass is 32.1. The first-order chi connectivity index (χ1) is 23.5. The first kappa shape index (κ1) is 27.5. The van der Waals surface area contributed by atoms with Crippen LogP contribution in [0.1, 0.15) is 26.3 Å². The fourth-order valence-electron chi connectivity index (χ4n) is 7.65. The summed E-state index contributed by atoms with van der Waals surface area (Å²) in [6.45, 7) is 6.76. The highest BCUT2D eigenvalue weighted by Gasteiger charge is 2.24. The first-order valence-electron chi connectivity index (χ1n) is 16.5. The van der Waals surface area contributed by atoms with Crippen molar-refractivity contribution in [3.8, 4) is 17.2 Å². The van der Waals surface area contributed by atoms with E-state index in [1.807, 2.05) is 11.3 Å². The minimum atomic E-state index is 0.0726. The van der Waals surface area contributed by atoms with Crippen molar-refractivity contribution in [1.82, 2.24) is 14.5 Å². The predicted octanol–water partition coefficient (Wildman–Crippen LogP) is 12.4. The highest BCUT2D eigenvalue weighted by Crippen LogP contribution is 2.49. The third-order valence-corrected chi connectivity index (χ3v) is 11.1. The van der Waals surface area contributed by atoms with Gasteiger partial charge in [-0.2, -0.15) is 0 Å². The number of hydrogen-bond donors (Lipinski definition) is 0. The molecule has 0 N–H and O–H groups in total. The van der Waals surface area contributed by atoms with Gasteiger partial charge in [0.2, 0.25) is 5.95 Å². The molecule has 0 fully saturated rings. The van der Waals surface area contributed by atoms with Crippen molar-refractivity contribution in [2.75, 3.05) is 0 Å². The summed E-state index contributed by atoms with van der Waals surface area (Å²) in [5, 5.41) is 11.1. The van der Waals surface area contributed by atoms with Crippen LogP contribution in [0.5, 0.6) is 0 Å². The molecule has 4 heteroatoms. The minimum Gasteiger partial charge on any atom is -0.277 e. The van der Waals surface area contributed by atoms with Crippen molar-refractivity contribution in [2.45, 2.75) is 26.2 Å². The Labute approximate surface area is 281 Å². The molecule has 0 spiro atoms. The van der Waals surface area contributed by atoms with Crippen LogP contribution < -0.4 is 0 Å². The second-order valence-electron chi connectivity index (χ2n) is 13.8. The van der Waals surface area contributed by atoms with E-state index < -0.39 is 0 Å². The molecule has 0 saturated carbocycles. The molecule has 0 aliphatic heterocycles. The lowest BCUT2D eigenvalue weighted by atomic mass is 9.86. The monoisotopic (exact) mass is 633 g/mol. The summed E-state index contributed by atoms with van der Waals surface area (Å²) in [5.74, 6) is 0.687. The Morgan fingerprint density at radius 3 is 2.04 bits per heavy atom. The average molecular weight is 634 g/mol. The van der Waals surface area contributed by atoms with Crippen LogP contribution in [0, 0.1) is 0 Å². The normalized spacial score (nSPS) is 12.5. The Kier molecular flexibility index (Phi) is 5.71. The van der Waals surface area contributed by atoms with Gasteiger partial charge in [-0.1, -0.05) is 136 Å². The van der Waals surface area contributed by atoms with Crippen molar-refractivity contribution in [3.63, 3.8) is 0 Å². The predicted molar refractivity (Wildman–Crippen MR) is 206 cm³/mol. The number of benzene rings is 7. The highest BCUT2D eigenvalue weighted by molar-refractivity contribution is 7.27. The van der Waals surface area contributed by atoms with Gasteiger partial charge in [-0.25, -0.2) is 9.97 Å². The Morgan fingerprint density at radius 1 is 0.542 bits per heavy atom. The zero-order valence-corrected chi connectivity index (χ0v) is 27.8. The topological polar surface area (TPSA) is 30.7 Å². The number of rotatable bonds is 2. The first-order valence-corrected chi connectivity index (χ1v) is 17.3. The zero-order valence-electron chi connectivity index (χ0n) is 27.0. The van der Waals surface area contributed by atoms with Crippen molar-refractivity contribution in [2.24, 2.45) is 0 Å². The van der Waals surface area contributed by atoms with Crippen LogP contribution in [-0.4, -0.2) is 14.5 Å². The number of fused-ring (bicyclic) bond motifs is 13. The third kappa shape index (κ3) is 3.87. The van der Waals surface area contributed by atoms with Gasteiger partial charge in [-0.05, 0) is 45.3 Å². The van der Waals surface area contributed by atoms with Gasteiger partial charge in [0.25, 0.3) is 0 Å². The van der Waals surface area contributed by atoms with Gasteiger partial charge >= 0.3 is 0 Å². The van der Waals surface area contributed by atoms with Crippen LogP contribution in [0.3, 0.4) is 0 Å². The summed E-state index contributed by atoms with van der Waals surface area (Å²) >= 11 is 1.89. The quantitative estimate of drug-likeness (QED) is 0.177.